The molecule has 0 aliphatic rings. The molecule has 0 bridgehead atoms. The third-order valence-corrected chi connectivity index (χ3v) is 2.79. The SMILES string of the molecule is C#CCCc1ccc(Br)cc1Br. The first-order valence-corrected chi connectivity index (χ1v) is 5.20. The summed E-state index contributed by atoms with van der Waals surface area (Å²) in [4.78, 5) is 0. The number of benzene rings is 1. The zero-order chi connectivity index (χ0) is 8.97. The lowest BCUT2D eigenvalue weighted by molar-refractivity contribution is 1.02. The smallest absolute Gasteiger partial charge is 0.0218 e. The lowest BCUT2D eigenvalue weighted by atomic mass is 10.1. The van der Waals surface area contributed by atoms with Gasteiger partial charge in [-0.1, -0.05) is 37.9 Å². The quantitative estimate of drug-likeness (QED) is 0.726. The van der Waals surface area contributed by atoms with Gasteiger partial charge in [0, 0.05) is 15.4 Å². The van der Waals surface area contributed by atoms with E-state index in [4.69, 9.17) is 6.42 Å². The second-order valence-electron chi connectivity index (χ2n) is 2.44. The molecule has 0 nitrogen and oxygen atoms in total. The van der Waals surface area contributed by atoms with Gasteiger partial charge in [0.2, 0.25) is 0 Å². The summed E-state index contributed by atoms with van der Waals surface area (Å²) in [6, 6.07) is 6.13. The van der Waals surface area contributed by atoms with E-state index in [1.807, 2.05) is 12.1 Å². The monoisotopic (exact) mass is 286 g/mol. The zero-order valence-electron chi connectivity index (χ0n) is 6.48. The van der Waals surface area contributed by atoms with E-state index in [9.17, 15) is 0 Å². The van der Waals surface area contributed by atoms with Gasteiger partial charge in [0.1, 0.15) is 0 Å². The number of rotatable bonds is 2. The van der Waals surface area contributed by atoms with Crippen molar-refractivity contribution in [3.05, 3.63) is 32.7 Å². The van der Waals surface area contributed by atoms with Gasteiger partial charge in [-0.25, -0.2) is 0 Å². The average Bonchev–Trinajstić information content (AvgIpc) is 2.03. The molecule has 0 radical (unpaired) electrons. The third-order valence-electron chi connectivity index (χ3n) is 1.55. The van der Waals surface area contributed by atoms with Crippen LogP contribution < -0.4 is 0 Å². The fourth-order valence-corrected chi connectivity index (χ4v) is 2.18. The van der Waals surface area contributed by atoms with Crippen molar-refractivity contribution < 1.29 is 0 Å². The predicted octanol–water partition coefficient (Wildman–Crippen LogP) is 3.78. The second kappa shape index (κ2) is 4.69. The van der Waals surface area contributed by atoms with Crippen LogP contribution >= 0.6 is 31.9 Å². The van der Waals surface area contributed by atoms with E-state index in [1.165, 1.54) is 5.56 Å². The van der Waals surface area contributed by atoms with E-state index in [0.717, 1.165) is 21.8 Å². The first-order valence-electron chi connectivity index (χ1n) is 3.61. The van der Waals surface area contributed by atoms with Gasteiger partial charge in [0.05, 0.1) is 0 Å². The van der Waals surface area contributed by atoms with E-state index in [2.05, 4.69) is 43.8 Å². The van der Waals surface area contributed by atoms with Crippen molar-refractivity contribution in [1.82, 2.24) is 0 Å². The Labute approximate surface area is 89.6 Å². The molecule has 0 spiro atoms. The molecule has 0 heterocycles. The fourth-order valence-electron chi connectivity index (χ4n) is 0.931. The largest absolute Gasteiger partial charge is 0.120 e. The first kappa shape index (κ1) is 9.83. The molecule has 0 aliphatic carbocycles. The normalized spacial score (nSPS) is 9.42. The molecule has 0 atom stereocenters. The number of halogens is 2. The van der Waals surface area contributed by atoms with Gasteiger partial charge >= 0.3 is 0 Å². The van der Waals surface area contributed by atoms with E-state index in [0.29, 0.717) is 0 Å². The molecule has 1 rings (SSSR count). The lowest BCUT2D eigenvalue weighted by Crippen LogP contribution is -1.84. The Kier molecular flexibility index (Phi) is 3.84. The first-order chi connectivity index (χ1) is 5.74. The Hall–Kier alpha value is -0.260. The second-order valence-corrected chi connectivity index (χ2v) is 4.21. The summed E-state index contributed by atoms with van der Waals surface area (Å²) in [6.45, 7) is 0. The molecule has 12 heavy (non-hydrogen) atoms. The average molecular weight is 288 g/mol. The molecule has 0 saturated carbocycles. The van der Waals surface area contributed by atoms with E-state index in [-0.39, 0.29) is 0 Å². The molecule has 2 heteroatoms. The summed E-state index contributed by atoms with van der Waals surface area (Å²) in [5.41, 5.74) is 1.26. The minimum Gasteiger partial charge on any atom is -0.120 e. The fraction of sp³-hybridized carbons (Fsp3) is 0.200. The Balaban J connectivity index is 2.81. The van der Waals surface area contributed by atoms with Gasteiger partial charge in [0.25, 0.3) is 0 Å². The Morgan fingerprint density at radius 1 is 1.33 bits per heavy atom. The number of hydrogen-bond acceptors (Lipinski definition) is 0. The van der Waals surface area contributed by atoms with Crippen molar-refractivity contribution in [2.45, 2.75) is 12.8 Å². The maximum absolute atomic E-state index is 5.18. The minimum absolute atomic E-state index is 0.792. The van der Waals surface area contributed by atoms with Gasteiger partial charge in [-0.3, -0.25) is 0 Å². The molecule has 0 aromatic heterocycles. The van der Waals surface area contributed by atoms with Crippen LogP contribution in [-0.2, 0) is 6.42 Å². The summed E-state index contributed by atoms with van der Waals surface area (Å²) < 4.78 is 2.20. The predicted molar refractivity (Wildman–Crippen MR) is 59.0 cm³/mol. The Bertz CT molecular complexity index is 310. The summed E-state index contributed by atoms with van der Waals surface area (Å²) in [5.74, 6) is 2.63. The van der Waals surface area contributed by atoms with Crippen molar-refractivity contribution in [2.24, 2.45) is 0 Å². The Morgan fingerprint density at radius 3 is 2.67 bits per heavy atom. The van der Waals surface area contributed by atoms with Crippen LogP contribution in [0.5, 0.6) is 0 Å². The molecule has 0 fully saturated rings. The molecule has 0 unspecified atom stereocenters. The van der Waals surface area contributed by atoms with E-state index >= 15 is 0 Å². The van der Waals surface area contributed by atoms with Crippen molar-refractivity contribution in [1.29, 1.82) is 0 Å². The van der Waals surface area contributed by atoms with Gasteiger partial charge in [-0.2, -0.15) is 0 Å². The molecule has 0 saturated heterocycles. The summed E-state index contributed by atoms with van der Waals surface area (Å²) in [7, 11) is 0. The standard InChI is InChI=1S/C10H8Br2/c1-2-3-4-8-5-6-9(11)7-10(8)12/h1,5-7H,3-4H2. The van der Waals surface area contributed by atoms with Crippen LogP contribution in [0.25, 0.3) is 0 Å². The summed E-state index contributed by atoms with van der Waals surface area (Å²) in [5, 5.41) is 0. The van der Waals surface area contributed by atoms with Gasteiger partial charge in [0.15, 0.2) is 0 Å². The maximum atomic E-state index is 5.18. The summed E-state index contributed by atoms with van der Waals surface area (Å²) >= 11 is 6.87. The zero-order valence-corrected chi connectivity index (χ0v) is 9.65. The topological polar surface area (TPSA) is 0 Å². The molecule has 1 aromatic rings. The highest BCUT2D eigenvalue weighted by molar-refractivity contribution is 9.11. The van der Waals surface area contributed by atoms with Crippen LogP contribution in [0.3, 0.4) is 0 Å². The molecule has 62 valence electrons. The van der Waals surface area contributed by atoms with Gasteiger partial charge < -0.3 is 0 Å². The molecule has 0 amide bonds. The highest BCUT2D eigenvalue weighted by Crippen LogP contribution is 2.22. The highest BCUT2D eigenvalue weighted by atomic mass is 79.9. The van der Waals surface area contributed by atoms with Crippen molar-refractivity contribution in [2.75, 3.05) is 0 Å². The van der Waals surface area contributed by atoms with Crippen LogP contribution in [0.15, 0.2) is 27.1 Å². The number of aryl methyl sites for hydroxylation is 1. The van der Waals surface area contributed by atoms with E-state index < -0.39 is 0 Å². The van der Waals surface area contributed by atoms with Crippen molar-refractivity contribution in [3.8, 4) is 12.3 Å². The van der Waals surface area contributed by atoms with E-state index in [1.54, 1.807) is 0 Å². The van der Waals surface area contributed by atoms with Crippen molar-refractivity contribution >= 4 is 31.9 Å². The highest BCUT2D eigenvalue weighted by Gasteiger charge is 1.98. The van der Waals surface area contributed by atoms with Crippen LogP contribution in [0.1, 0.15) is 12.0 Å². The molecular weight excluding hydrogens is 280 g/mol. The van der Waals surface area contributed by atoms with Crippen LogP contribution in [0, 0.1) is 12.3 Å². The van der Waals surface area contributed by atoms with Gasteiger partial charge in [-0.05, 0) is 24.1 Å². The lowest BCUT2D eigenvalue weighted by Gasteiger charge is -2.01. The van der Waals surface area contributed by atoms with Crippen LogP contribution in [0.4, 0.5) is 0 Å². The molecule has 0 aliphatic heterocycles. The number of hydrogen-bond donors (Lipinski definition) is 0. The van der Waals surface area contributed by atoms with Crippen LogP contribution in [0.2, 0.25) is 0 Å². The Morgan fingerprint density at radius 2 is 2.08 bits per heavy atom. The molecular formula is C10H8Br2. The van der Waals surface area contributed by atoms with Gasteiger partial charge in [-0.15, -0.1) is 12.3 Å². The minimum atomic E-state index is 0.792. The number of terminal acetylenes is 1. The summed E-state index contributed by atoms with van der Waals surface area (Å²) in [6.07, 6.45) is 6.91. The third kappa shape index (κ3) is 2.66. The van der Waals surface area contributed by atoms with Crippen LogP contribution in [-0.4, -0.2) is 0 Å². The molecule has 1 aromatic carbocycles. The maximum Gasteiger partial charge on any atom is 0.0218 e. The van der Waals surface area contributed by atoms with Crippen molar-refractivity contribution in [3.63, 3.8) is 0 Å². The molecule has 0 N–H and O–H groups in total.